The minimum Gasteiger partial charge on any atom is -0.494 e. The number of urea groups is 1. The van der Waals surface area contributed by atoms with E-state index in [-0.39, 0.29) is 11.9 Å². The maximum absolute atomic E-state index is 13.0. The summed E-state index contributed by atoms with van der Waals surface area (Å²) in [5, 5.41) is 8.81. The molecule has 0 N–H and O–H groups in total. The van der Waals surface area contributed by atoms with E-state index in [1.54, 1.807) is 11.9 Å². The van der Waals surface area contributed by atoms with Crippen LogP contribution in [0.3, 0.4) is 0 Å². The van der Waals surface area contributed by atoms with E-state index < -0.39 is 12.2 Å². The Balaban J connectivity index is 1.79. The molecule has 154 valence electrons. The lowest BCUT2D eigenvalue weighted by atomic mass is 10.1. The molecule has 2 aliphatic heterocycles. The zero-order valence-electron chi connectivity index (χ0n) is 17.2. The van der Waals surface area contributed by atoms with Crippen molar-refractivity contribution in [2.45, 2.75) is 38.9 Å². The van der Waals surface area contributed by atoms with Gasteiger partial charge in [0.2, 0.25) is 5.95 Å². The molecule has 9 nitrogen and oxygen atoms in total. The molecule has 0 aliphatic carbocycles. The molecule has 2 aromatic rings. The number of fused-ring (bicyclic) bond motifs is 3. The number of benzene rings is 1. The highest BCUT2D eigenvalue weighted by molar-refractivity contribution is 6.02. The van der Waals surface area contributed by atoms with Crippen molar-refractivity contribution in [1.29, 1.82) is 0 Å². The van der Waals surface area contributed by atoms with E-state index in [9.17, 15) is 9.59 Å². The van der Waals surface area contributed by atoms with Gasteiger partial charge >= 0.3 is 6.03 Å². The number of rotatable bonds is 6. The first-order chi connectivity index (χ1) is 14.0. The fourth-order valence-corrected chi connectivity index (χ4v) is 4.07. The molecule has 2 atom stereocenters. The number of hydrogen-bond acceptors (Lipinski definition) is 6. The summed E-state index contributed by atoms with van der Waals surface area (Å²) in [4.78, 5) is 30.4. The van der Waals surface area contributed by atoms with Gasteiger partial charge < -0.3 is 14.5 Å². The van der Waals surface area contributed by atoms with Crippen LogP contribution in [0.1, 0.15) is 32.9 Å². The molecular weight excluding hydrogens is 372 g/mol. The van der Waals surface area contributed by atoms with Crippen molar-refractivity contribution in [3.63, 3.8) is 0 Å². The normalized spacial score (nSPS) is 20.9. The van der Waals surface area contributed by atoms with Crippen molar-refractivity contribution in [3.05, 3.63) is 24.3 Å². The quantitative estimate of drug-likeness (QED) is 0.743. The number of unbranched alkanes of at least 4 members (excludes halogenated alkanes) is 1. The monoisotopic (exact) mass is 398 g/mol. The molecule has 2 unspecified atom stereocenters. The number of aromatic nitrogens is 3. The van der Waals surface area contributed by atoms with Gasteiger partial charge in [-0.2, -0.15) is 0 Å². The third kappa shape index (κ3) is 2.92. The maximum Gasteiger partial charge on any atom is 0.327 e. The number of anilines is 1. The van der Waals surface area contributed by atoms with Crippen LogP contribution in [0.25, 0.3) is 11.4 Å². The maximum atomic E-state index is 13.0. The van der Waals surface area contributed by atoms with Crippen LogP contribution in [0.15, 0.2) is 24.3 Å². The van der Waals surface area contributed by atoms with Gasteiger partial charge in [0.05, 0.1) is 6.61 Å². The Hall–Kier alpha value is -3.10. The Morgan fingerprint density at radius 3 is 2.45 bits per heavy atom. The van der Waals surface area contributed by atoms with Gasteiger partial charge in [-0.3, -0.25) is 14.3 Å². The molecule has 0 saturated carbocycles. The summed E-state index contributed by atoms with van der Waals surface area (Å²) < 4.78 is 7.44. The summed E-state index contributed by atoms with van der Waals surface area (Å²) in [5.41, 5.74) is 0.857. The van der Waals surface area contributed by atoms with Crippen LogP contribution in [-0.2, 0) is 4.79 Å². The molecule has 29 heavy (non-hydrogen) atoms. The predicted octanol–water partition coefficient (Wildman–Crippen LogP) is 2.35. The van der Waals surface area contributed by atoms with Crippen molar-refractivity contribution in [1.82, 2.24) is 24.6 Å². The van der Waals surface area contributed by atoms with Gasteiger partial charge in [-0.05, 0) is 37.6 Å². The molecule has 1 saturated heterocycles. The molecule has 1 fully saturated rings. The lowest BCUT2D eigenvalue weighted by Gasteiger charge is -2.40. The van der Waals surface area contributed by atoms with E-state index in [1.807, 2.05) is 40.7 Å². The van der Waals surface area contributed by atoms with E-state index in [4.69, 9.17) is 4.74 Å². The molecule has 0 spiro atoms. The van der Waals surface area contributed by atoms with Crippen LogP contribution in [0.4, 0.5) is 10.7 Å². The molecule has 3 heterocycles. The summed E-state index contributed by atoms with van der Waals surface area (Å²) in [6.07, 6.45) is 1.44. The number of likely N-dealkylation sites (N-methyl/N-ethyl adjacent to an activating group) is 2. The van der Waals surface area contributed by atoms with Gasteiger partial charge in [0, 0.05) is 26.2 Å². The van der Waals surface area contributed by atoms with E-state index in [2.05, 4.69) is 17.1 Å². The number of imide groups is 1. The molecule has 1 aromatic carbocycles. The lowest BCUT2D eigenvalue weighted by molar-refractivity contribution is -0.133. The second-order valence-corrected chi connectivity index (χ2v) is 7.35. The minimum absolute atomic E-state index is 0.211. The predicted molar refractivity (Wildman–Crippen MR) is 108 cm³/mol. The minimum atomic E-state index is -0.499. The second kappa shape index (κ2) is 7.38. The number of hydrogen-bond donors (Lipinski definition) is 0. The van der Waals surface area contributed by atoms with Gasteiger partial charge in [-0.1, -0.05) is 13.3 Å². The lowest BCUT2D eigenvalue weighted by Crippen LogP contribution is -2.61. The highest BCUT2D eigenvalue weighted by atomic mass is 16.5. The molecule has 2 aliphatic rings. The molecule has 3 amide bonds. The van der Waals surface area contributed by atoms with Crippen molar-refractivity contribution in [2.24, 2.45) is 0 Å². The number of carbonyl (C=O) groups excluding carboxylic acids is 2. The van der Waals surface area contributed by atoms with Crippen LogP contribution < -0.4 is 9.64 Å². The van der Waals surface area contributed by atoms with Gasteiger partial charge in [-0.25, -0.2) is 4.79 Å². The van der Waals surface area contributed by atoms with Crippen LogP contribution in [0.2, 0.25) is 0 Å². The summed E-state index contributed by atoms with van der Waals surface area (Å²) in [6.45, 7) is 5.32. The highest BCUT2D eigenvalue weighted by Crippen LogP contribution is 2.42. The number of ether oxygens (including phenoxy) is 1. The molecule has 1 aromatic heterocycles. The van der Waals surface area contributed by atoms with Crippen molar-refractivity contribution >= 4 is 17.9 Å². The van der Waals surface area contributed by atoms with E-state index in [1.165, 1.54) is 11.9 Å². The fourth-order valence-electron chi connectivity index (χ4n) is 4.07. The van der Waals surface area contributed by atoms with Gasteiger partial charge in [0.1, 0.15) is 11.9 Å². The van der Waals surface area contributed by atoms with E-state index >= 15 is 0 Å². The first-order valence-electron chi connectivity index (χ1n) is 9.98. The Morgan fingerprint density at radius 2 is 1.79 bits per heavy atom. The topological polar surface area (TPSA) is 83.8 Å². The zero-order chi connectivity index (χ0) is 20.7. The molecular formula is C20H26N6O3. The Morgan fingerprint density at radius 1 is 1.07 bits per heavy atom. The van der Waals surface area contributed by atoms with Gasteiger partial charge in [-0.15, -0.1) is 10.2 Å². The van der Waals surface area contributed by atoms with E-state index in [0.717, 1.165) is 24.2 Å². The van der Waals surface area contributed by atoms with Crippen LogP contribution >= 0.6 is 0 Å². The largest absolute Gasteiger partial charge is 0.494 e. The average molecular weight is 398 g/mol. The number of amides is 3. The van der Waals surface area contributed by atoms with Crippen LogP contribution in [-0.4, -0.2) is 69.8 Å². The summed E-state index contributed by atoms with van der Waals surface area (Å²) in [5.74, 6) is 1.83. The van der Waals surface area contributed by atoms with Gasteiger partial charge in [0.15, 0.2) is 11.9 Å². The average Bonchev–Trinajstić information content (AvgIpc) is 3.28. The van der Waals surface area contributed by atoms with Crippen molar-refractivity contribution < 1.29 is 14.3 Å². The molecule has 0 bridgehead atoms. The summed E-state index contributed by atoms with van der Waals surface area (Å²) >= 11 is 0. The first kappa shape index (κ1) is 19.2. The SMILES string of the molecule is CCCCN1c2nnc(-c3ccc(OCC)cc3)n2C2C1C(=O)N(C)C(=O)N2C. The van der Waals surface area contributed by atoms with Crippen molar-refractivity contribution in [3.8, 4) is 17.1 Å². The second-order valence-electron chi connectivity index (χ2n) is 7.35. The summed E-state index contributed by atoms with van der Waals surface area (Å²) in [7, 11) is 3.25. The van der Waals surface area contributed by atoms with Crippen molar-refractivity contribution in [2.75, 3.05) is 32.1 Å². The van der Waals surface area contributed by atoms with E-state index in [0.29, 0.717) is 24.9 Å². The highest BCUT2D eigenvalue weighted by Gasteiger charge is 2.54. The Kier molecular flexibility index (Phi) is 4.89. The molecule has 0 radical (unpaired) electrons. The third-order valence-corrected chi connectivity index (χ3v) is 5.56. The number of carbonyl (C=O) groups is 2. The smallest absolute Gasteiger partial charge is 0.327 e. The first-order valence-corrected chi connectivity index (χ1v) is 9.98. The Labute approximate surface area is 169 Å². The van der Waals surface area contributed by atoms with Gasteiger partial charge in [0.25, 0.3) is 5.91 Å². The third-order valence-electron chi connectivity index (χ3n) is 5.56. The molecule has 9 heteroatoms. The number of nitrogens with zero attached hydrogens (tertiary/aromatic N) is 6. The Bertz CT molecular complexity index is 925. The molecule has 4 rings (SSSR count). The fraction of sp³-hybridized carbons (Fsp3) is 0.500. The zero-order valence-corrected chi connectivity index (χ0v) is 17.2. The van der Waals surface area contributed by atoms with Crippen LogP contribution in [0, 0.1) is 0 Å². The van der Waals surface area contributed by atoms with Crippen LogP contribution in [0.5, 0.6) is 5.75 Å². The standard InChI is InChI=1S/C20H26N6O3/c1-5-7-12-25-15-17(23(3)20(28)24(4)18(15)27)26-16(21-22-19(25)26)13-8-10-14(11-9-13)29-6-2/h8-11,15,17H,5-7,12H2,1-4H3. The summed E-state index contributed by atoms with van der Waals surface area (Å²) in [6, 6.07) is 6.79.